The molecule has 0 fully saturated rings. The molecule has 8 heterocycles. The molecule has 8 heteroatoms. The van der Waals surface area contributed by atoms with E-state index in [2.05, 4.69) is 310 Å². The van der Waals surface area contributed by atoms with E-state index in [9.17, 15) is 0 Å². The van der Waals surface area contributed by atoms with Crippen molar-refractivity contribution in [2.75, 3.05) is 9.80 Å². The van der Waals surface area contributed by atoms with Gasteiger partial charge in [-0.15, -0.1) is 0 Å². The van der Waals surface area contributed by atoms with E-state index in [1.807, 2.05) is 0 Å². The molecule has 24 rings (SSSR count). The van der Waals surface area contributed by atoms with Gasteiger partial charge >= 0.3 is 13.7 Å². The predicted molar refractivity (Wildman–Crippen MR) is 404 cm³/mol. The van der Waals surface area contributed by atoms with Gasteiger partial charge in [0.05, 0.1) is 0 Å². The van der Waals surface area contributed by atoms with E-state index in [0.717, 1.165) is 83.4 Å². The fraction of sp³-hybridized carbons (Fsp3) is 0. The van der Waals surface area contributed by atoms with E-state index in [4.69, 9.17) is 8.83 Å². The van der Waals surface area contributed by atoms with Gasteiger partial charge in [-0.2, -0.15) is 0 Å². The Kier molecular flexibility index (Phi) is 9.28. The lowest BCUT2D eigenvalue weighted by Crippen LogP contribution is -2.57. The second-order valence-electron chi connectivity index (χ2n) is 26.9. The van der Waals surface area contributed by atoms with Gasteiger partial charge in [0, 0.05) is 123 Å². The van der Waals surface area contributed by atoms with Gasteiger partial charge in [-0.1, -0.05) is 200 Å². The Morgan fingerprint density at radius 3 is 1.49 bits per heavy atom. The van der Waals surface area contributed by atoms with E-state index < -0.39 is 0 Å². The third-order valence-corrected chi connectivity index (χ3v) is 22.3. The summed E-state index contributed by atoms with van der Waals surface area (Å²) < 4.78 is 19.5. The predicted octanol–water partition coefficient (Wildman–Crippen LogP) is 20.8. The molecule has 0 spiro atoms. The molecule has 0 unspecified atom stereocenters. The number of nitrogens with zero attached hydrogens (tertiary/aromatic N) is 4. The van der Waals surface area contributed by atoms with Crippen LogP contribution < -0.4 is 31.7 Å². The van der Waals surface area contributed by atoms with Crippen LogP contribution in [0.3, 0.4) is 0 Å². The molecule has 0 radical (unpaired) electrons. The molecule has 16 aromatic carbocycles. The zero-order valence-electron chi connectivity index (χ0n) is 51.5. The van der Waals surface area contributed by atoms with E-state index in [-0.39, 0.29) is 13.7 Å². The fourth-order valence-electron chi connectivity index (χ4n) is 18.5. The molecule has 6 nitrogen and oxygen atoms in total. The van der Waals surface area contributed by atoms with Gasteiger partial charge in [0.2, 0.25) is 0 Å². The Labute approximate surface area is 549 Å². The first kappa shape index (κ1) is 50.1. The molecule has 438 valence electrons. The van der Waals surface area contributed by atoms with Crippen molar-refractivity contribution in [2.24, 2.45) is 0 Å². The Balaban J connectivity index is 0.767. The number of hydrogen-bond acceptors (Lipinski definition) is 4. The first-order valence-corrected chi connectivity index (χ1v) is 33.3. The Morgan fingerprint density at radius 2 is 0.771 bits per heavy atom. The number of aromatic nitrogens is 2. The van der Waals surface area contributed by atoms with Gasteiger partial charge in [-0.25, -0.2) is 0 Å². The minimum Gasteiger partial charge on any atom is -0.456 e. The first-order chi connectivity index (χ1) is 47.6. The summed E-state index contributed by atoms with van der Waals surface area (Å²) in [7, 11) is 0. The zero-order valence-corrected chi connectivity index (χ0v) is 51.5. The highest BCUT2D eigenvalue weighted by Crippen LogP contribution is 2.54. The van der Waals surface area contributed by atoms with Gasteiger partial charge in [0.25, 0.3) is 0 Å². The highest BCUT2D eigenvalue weighted by Gasteiger charge is 2.47. The normalized spacial score (nSPS) is 13.5. The molecule has 0 aliphatic carbocycles. The first-order valence-electron chi connectivity index (χ1n) is 33.3. The van der Waals surface area contributed by atoms with Crippen LogP contribution in [0.25, 0.3) is 164 Å². The standard InChI is InChI=1S/C88H48B2N4O2/c1-2-18-52-41-58(37-34-49(52)16-1)91-72-39-36-51-17-5-6-21-60(51)84(72)90-86-75(91)48-79-81(65-25-10-14-31-77(65)96-79)83(86)68-44-57(43-67-62-23-8-12-29-71(62)94(90)88(67)68)55-33-32-50-35-38-59(42-56(50)40-55)92-73-46-54-20-4-3-19-53(54)45-69(73)89-85-74(92)47-78-80(64-24-9-13-30-76(64)95-78)82(85)66-27-15-26-63-61-22-7-11-28-70(61)93(89)87(63)66/h1-48H. The minimum absolute atomic E-state index is 0.127. The van der Waals surface area contributed by atoms with Crippen LogP contribution in [0.4, 0.5) is 34.1 Å². The maximum Gasteiger partial charge on any atom is 0.333 e. The third-order valence-electron chi connectivity index (χ3n) is 22.3. The summed E-state index contributed by atoms with van der Waals surface area (Å²) in [6.07, 6.45) is 0. The monoisotopic (exact) mass is 1210 g/mol. The van der Waals surface area contributed by atoms with Crippen LogP contribution in [0.5, 0.6) is 0 Å². The number of fused-ring (bicyclic) bond motifs is 27. The Hall–Kier alpha value is -12.5. The topological polar surface area (TPSA) is 42.6 Å². The summed E-state index contributed by atoms with van der Waals surface area (Å²) in [5.74, 6) is 0. The van der Waals surface area contributed by atoms with Gasteiger partial charge in [0.15, 0.2) is 0 Å². The molecule has 0 atom stereocenters. The second kappa shape index (κ2) is 17.8. The summed E-state index contributed by atoms with van der Waals surface area (Å²) in [6.45, 7) is -0.298. The number of furan rings is 2. The van der Waals surface area contributed by atoms with Crippen LogP contribution in [0.15, 0.2) is 300 Å². The van der Waals surface area contributed by atoms with Crippen LogP contribution in [0.2, 0.25) is 0 Å². The van der Waals surface area contributed by atoms with Crippen molar-refractivity contribution in [3.05, 3.63) is 291 Å². The minimum atomic E-state index is -0.171. The maximum atomic E-state index is 7.12. The van der Waals surface area contributed by atoms with E-state index in [1.165, 1.54) is 136 Å². The molecule has 4 aliphatic rings. The lowest BCUT2D eigenvalue weighted by Gasteiger charge is -2.41. The van der Waals surface area contributed by atoms with Crippen molar-refractivity contribution >= 4 is 200 Å². The lowest BCUT2D eigenvalue weighted by atomic mass is 9.44. The number of rotatable bonds is 3. The van der Waals surface area contributed by atoms with Gasteiger partial charge in [-0.3, -0.25) is 0 Å². The highest BCUT2D eigenvalue weighted by molar-refractivity contribution is 6.92. The summed E-state index contributed by atoms with van der Waals surface area (Å²) >= 11 is 0. The van der Waals surface area contributed by atoms with Crippen LogP contribution in [0, 0.1) is 0 Å². The molecule has 4 aromatic heterocycles. The van der Waals surface area contributed by atoms with E-state index in [1.54, 1.807) is 0 Å². The number of para-hydroxylation sites is 5. The molecule has 20 aromatic rings. The van der Waals surface area contributed by atoms with Gasteiger partial charge in [-0.05, 0) is 166 Å². The van der Waals surface area contributed by atoms with E-state index in [0.29, 0.717) is 0 Å². The average molecular weight is 1220 g/mol. The van der Waals surface area contributed by atoms with Crippen LogP contribution in [-0.2, 0) is 0 Å². The molecular formula is C88H48B2N4O2. The smallest absolute Gasteiger partial charge is 0.333 e. The fourth-order valence-corrected chi connectivity index (χ4v) is 18.5. The van der Waals surface area contributed by atoms with Gasteiger partial charge < -0.3 is 27.6 Å². The molecule has 0 bridgehead atoms. The van der Waals surface area contributed by atoms with E-state index >= 15 is 0 Å². The van der Waals surface area contributed by atoms with Crippen molar-refractivity contribution in [2.45, 2.75) is 0 Å². The number of hydrogen-bond donors (Lipinski definition) is 0. The molecule has 0 saturated heterocycles. The second-order valence-corrected chi connectivity index (χ2v) is 26.9. The number of benzene rings is 16. The van der Waals surface area contributed by atoms with Crippen LogP contribution >= 0.6 is 0 Å². The molecular weight excluding hydrogens is 1170 g/mol. The van der Waals surface area contributed by atoms with Crippen LogP contribution in [0.1, 0.15) is 0 Å². The van der Waals surface area contributed by atoms with Crippen LogP contribution in [-0.4, -0.2) is 22.7 Å². The molecule has 96 heavy (non-hydrogen) atoms. The highest BCUT2D eigenvalue weighted by atomic mass is 16.3. The summed E-state index contributed by atoms with van der Waals surface area (Å²) in [4.78, 5) is 5.08. The lowest BCUT2D eigenvalue weighted by molar-refractivity contribution is 0.668. The van der Waals surface area contributed by atoms with Gasteiger partial charge in [0.1, 0.15) is 22.3 Å². The molecule has 0 N–H and O–H groups in total. The van der Waals surface area contributed by atoms with Crippen molar-refractivity contribution < 1.29 is 8.83 Å². The van der Waals surface area contributed by atoms with Crippen molar-refractivity contribution in [3.63, 3.8) is 0 Å². The average Bonchev–Trinajstić information content (AvgIpc) is 1.37. The molecule has 4 aliphatic heterocycles. The third kappa shape index (κ3) is 6.26. The summed E-state index contributed by atoms with van der Waals surface area (Å²) in [5, 5.41) is 19.2. The summed E-state index contributed by atoms with van der Waals surface area (Å²) in [5.41, 5.74) is 27.6. The molecule has 0 amide bonds. The quantitative estimate of drug-likeness (QED) is 0.165. The Bertz CT molecular complexity index is 7030. The van der Waals surface area contributed by atoms with Crippen molar-refractivity contribution in [3.8, 4) is 33.4 Å². The SMILES string of the molecule is c1ccc2cc(N3c4cc5oc6ccccc6c5c5c4B(c4c3ccc3ccccc43)n3c4ccccc4c4cc(-c6ccc7ccc(N8c9cc%10ccccc%10cc9B9c%10c8cc8oc%11ccccc%11c8c%10-c8cccc%10c%11ccccc%11n9c8%10)cc7c6)cc-5c43)ccc2c1. The Morgan fingerprint density at radius 1 is 0.260 bits per heavy atom. The summed E-state index contributed by atoms with van der Waals surface area (Å²) in [6, 6.07) is 109. The number of anilines is 6. The largest absolute Gasteiger partial charge is 0.456 e. The van der Waals surface area contributed by atoms with Crippen molar-refractivity contribution in [1.82, 2.24) is 8.96 Å². The zero-order chi connectivity index (χ0) is 61.9. The molecule has 0 saturated carbocycles. The maximum absolute atomic E-state index is 7.12. The van der Waals surface area contributed by atoms with Crippen molar-refractivity contribution in [1.29, 1.82) is 0 Å².